The van der Waals surface area contributed by atoms with E-state index < -0.39 is 0 Å². The van der Waals surface area contributed by atoms with Gasteiger partial charge in [-0.3, -0.25) is 0 Å². The molecule has 3 aliphatic rings. The van der Waals surface area contributed by atoms with E-state index in [0.717, 1.165) is 47.2 Å². The molecule has 3 saturated carbocycles. The topological polar surface area (TPSA) is 0 Å². The third kappa shape index (κ3) is 7.76. The second-order valence-electron chi connectivity index (χ2n) is 16.2. The van der Waals surface area contributed by atoms with Crippen LogP contribution in [-0.4, -0.2) is 5.75 Å². The zero-order chi connectivity index (χ0) is 27.3. The minimum absolute atomic E-state index is 0.377. The van der Waals surface area contributed by atoms with E-state index in [2.05, 4.69) is 55.4 Å². The minimum Gasteiger partial charge on any atom is -0.179 e. The highest BCUT2D eigenvalue weighted by atomic mass is 32.1. The van der Waals surface area contributed by atoms with Gasteiger partial charge in [0.2, 0.25) is 0 Å². The van der Waals surface area contributed by atoms with E-state index in [1.165, 1.54) is 109 Å². The number of thiol groups is 1. The molecule has 0 heterocycles. The molecule has 0 aromatic heterocycles. The summed E-state index contributed by atoms with van der Waals surface area (Å²) in [5.74, 6) is 7.23. The predicted octanol–water partition coefficient (Wildman–Crippen LogP) is 12.0. The third-order valence-electron chi connectivity index (χ3n) is 13.0. The van der Waals surface area contributed by atoms with E-state index in [-0.39, 0.29) is 0 Å². The summed E-state index contributed by atoms with van der Waals surface area (Å²) in [7, 11) is 0. The molecule has 0 nitrogen and oxygen atoms in total. The summed E-state index contributed by atoms with van der Waals surface area (Å²) in [6.45, 7) is 21.0. The molecule has 0 aromatic rings. The molecule has 3 aliphatic carbocycles. The molecule has 1 heteroatoms. The Hall–Kier alpha value is 0.350. The molecule has 0 N–H and O–H groups in total. The maximum Gasteiger partial charge on any atom is -0.00411 e. The van der Waals surface area contributed by atoms with Crippen LogP contribution in [0.2, 0.25) is 0 Å². The van der Waals surface area contributed by atoms with Gasteiger partial charge in [-0.1, -0.05) is 120 Å². The Kier molecular flexibility index (Phi) is 11.9. The quantitative estimate of drug-likeness (QED) is 0.336. The second kappa shape index (κ2) is 13.8. The fraction of sp³-hybridized carbons (Fsp3) is 1.00. The maximum atomic E-state index is 5.01. The highest BCUT2D eigenvalue weighted by Crippen LogP contribution is 2.62. The summed E-state index contributed by atoms with van der Waals surface area (Å²) in [5.41, 5.74) is 1.36. The van der Waals surface area contributed by atoms with Gasteiger partial charge in [0.1, 0.15) is 0 Å². The Labute approximate surface area is 240 Å². The van der Waals surface area contributed by atoms with Crippen molar-refractivity contribution < 1.29 is 0 Å². The lowest BCUT2D eigenvalue weighted by atomic mass is 9.45. The molecule has 3 fully saturated rings. The van der Waals surface area contributed by atoms with Crippen molar-refractivity contribution in [2.75, 3.05) is 5.75 Å². The highest BCUT2D eigenvalue weighted by molar-refractivity contribution is 7.80. The highest BCUT2D eigenvalue weighted by Gasteiger charge is 2.55. The van der Waals surface area contributed by atoms with Crippen LogP contribution >= 0.6 is 12.6 Å². The first kappa shape index (κ1) is 31.9. The average molecular weight is 533 g/mol. The Bertz CT molecular complexity index is 668. The van der Waals surface area contributed by atoms with Gasteiger partial charge in [-0.2, -0.15) is 12.6 Å². The molecular weight excluding hydrogens is 464 g/mol. The first-order valence-electron chi connectivity index (χ1n) is 17.1. The molecule has 0 aromatic carbocycles. The van der Waals surface area contributed by atoms with Crippen molar-refractivity contribution in [2.24, 2.45) is 57.7 Å². The van der Waals surface area contributed by atoms with Crippen molar-refractivity contribution in [3.05, 3.63) is 0 Å². The SMILES string of the molecule is CCC1CCCCCCCCC2CCC(C)C3(C)C(CCCC(C)(C)C1)CC(C)(CS)C(C)CC(C)C23. The van der Waals surface area contributed by atoms with Crippen LogP contribution in [-0.2, 0) is 0 Å². The van der Waals surface area contributed by atoms with Crippen molar-refractivity contribution >= 4 is 12.6 Å². The van der Waals surface area contributed by atoms with E-state index in [1.54, 1.807) is 0 Å². The van der Waals surface area contributed by atoms with Crippen molar-refractivity contribution in [3.63, 3.8) is 0 Å². The maximum absolute atomic E-state index is 5.01. The van der Waals surface area contributed by atoms with E-state index >= 15 is 0 Å². The Morgan fingerprint density at radius 3 is 2.00 bits per heavy atom. The zero-order valence-corrected chi connectivity index (χ0v) is 27.6. The smallest absolute Gasteiger partial charge is 0.00411 e. The third-order valence-corrected chi connectivity index (χ3v) is 13.7. The molecule has 9 unspecified atom stereocenters. The van der Waals surface area contributed by atoms with Crippen LogP contribution in [0.15, 0.2) is 0 Å². The van der Waals surface area contributed by atoms with Crippen LogP contribution in [0.4, 0.5) is 0 Å². The Morgan fingerprint density at radius 1 is 0.703 bits per heavy atom. The number of hydrogen-bond donors (Lipinski definition) is 1. The zero-order valence-electron chi connectivity index (χ0n) is 26.7. The Balaban J connectivity index is 1.93. The molecule has 3 rings (SSSR count). The van der Waals surface area contributed by atoms with Crippen molar-refractivity contribution in [1.82, 2.24) is 0 Å². The monoisotopic (exact) mass is 533 g/mol. The van der Waals surface area contributed by atoms with Crippen LogP contribution in [0.25, 0.3) is 0 Å². The number of rotatable bonds is 2. The van der Waals surface area contributed by atoms with Gasteiger partial charge in [0.15, 0.2) is 0 Å². The van der Waals surface area contributed by atoms with Gasteiger partial charge < -0.3 is 0 Å². The van der Waals surface area contributed by atoms with Gasteiger partial charge in [0.25, 0.3) is 0 Å². The first-order valence-corrected chi connectivity index (χ1v) is 17.7. The molecule has 0 aliphatic heterocycles. The van der Waals surface area contributed by atoms with Crippen LogP contribution < -0.4 is 0 Å². The fourth-order valence-corrected chi connectivity index (χ4v) is 10.6. The molecule has 0 saturated heterocycles. The van der Waals surface area contributed by atoms with Crippen molar-refractivity contribution in [1.29, 1.82) is 0 Å². The molecular formula is C36H68S. The van der Waals surface area contributed by atoms with E-state index in [4.69, 9.17) is 12.6 Å². The van der Waals surface area contributed by atoms with E-state index in [1.807, 2.05) is 0 Å². The fourth-order valence-electron chi connectivity index (χ4n) is 10.2. The van der Waals surface area contributed by atoms with Gasteiger partial charge >= 0.3 is 0 Å². The van der Waals surface area contributed by atoms with Crippen LogP contribution in [0.3, 0.4) is 0 Å². The molecule has 0 spiro atoms. The van der Waals surface area contributed by atoms with Gasteiger partial charge in [-0.15, -0.1) is 0 Å². The summed E-state index contributed by atoms with van der Waals surface area (Å²) in [6, 6.07) is 0. The molecule has 0 radical (unpaired) electrons. The molecule has 218 valence electrons. The van der Waals surface area contributed by atoms with Gasteiger partial charge in [-0.25, -0.2) is 0 Å². The standard InChI is InChI=1S/C36H68S/c1-9-30-17-14-12-10-11-13-15-18-31-21-20-28(3)36(8)32(19-16-22-34(5,6)24-30)25-35(7,26-37)29(4)23-27(2)33(31)36/h27-33,37H,9-26H2,1-8H3. The molecule has 37 heavy (non-hydrogen) atoms. The lowest BCUT2D eigenvalue weighted by Gasteiger charge is -2.60. The van der Waals surface area contributed by atoms with Crippen molar-refractivity contribution in [2.45, 2.75) is 165 Å². The molecule has 4 bridgehead atoms. The summed E-state index contributed by atoms with van der Waals surface area (Å²) in [4.78, 5) is 0. The van der Waals surface area contributed by atoms with Crippen molar-refractivity contribution in [3.8, 4) is 0 Å². The average Bonchev–Trinajstić information content (AvgIpc) is 2.84. The van der Waals surface area contributed by atoms with Gasteiger partial charge in [0, 0.05) is 0 Å². The van der Waals surface area contributed by atoms with Crippen LogP contribution in [0.1, 0.15) is 165 Å². The number of hydrogen-bond acceptors (Lipinski definition) is 1. The lowest BCUT2D eigenvalue weighted by Crippen LogP contribution is -2.53. The van der Waals surface area contributed by atoms with E-state index in [0.29, 0.717) is 16.2 Å². The second-order valence-corrected chi connectivity index (χ2v) is 16.5. The van der Waals surface area contributed by atoms with Crippen LogP contribution in [0, 0.1) is 57.7 Å². The molecule has 9 atom stereocenters. The van der Waals surface area contributed by atoms with E-state index in [9.17, 15) is 0 Å². The summed E-state index contributed by atoms with van der Waals surface area (Å²) < 4.78 is 0. The minimum atomic E-state index is 0.377. The largest absolute Gasteiger partial charge is 0.179 e. The van der Waals surface area contributed by atoms with Gasteiger partial charge in [-0.05, 0) is 108 Å². The summed E-state index contributed by atoms with van der Waals surface area (Å²) in [6.07, 6.45) is 24.7. The summed E-state index contributed by atoms with van der Waals surface area (Å²) in [5, 5.41) is 0. The van der Waals surface area contributed by atoms with Gasteiger partial charge in [0.05, 0.1) is 0 Å². The van der Waals surface area contributed by atoms with Crippen LogP contribution in [0.5, 0.6) is 0 Å². The lowest BCUT2D eigenvalue weighted by molar-refractivity contribution is -0.112. The normalized spacial score (nSPS) is 45.2. The summed E-state index contributed by atoms with van der Waals surface area (Å²) >= 11 is 5.01. The Morgan fingerprint density at radius 2 is 1.35 bits per heavy atom. The predicted molar refractivity (Wildman–Crippen MR) is 169 cm³/mol. The molecule has 0 amide bonds. The first-order chi connectivity index (χ1) is 17.5.